The number of benzene rings is 2. The highest BCUT2D eigenvalue weighted by atomic mass is 19.1. The number of nitrogens with one attached hydrogen (secondary N) is 2. The first-order valence-corrected chi connectivity index (χ1v) is 7.25. The predicted octanol–water partition coefficient (Wildman–Crippen LogP) is 3.30. The topological polar surface area (TPSA) is 71.3 Å². The van der Waals surface area contributed by atoms with Crippen LogP contribution >= 0.6 is 0 Å². The summed E-state index contributed by atoms with van der Waals surface area (Å²) in [5, 5.41) is 0. The molecule has 3 aromatic rings. The summed E-state index contributed by atoms with van der Waals surface area (Å²) in [6.07, 6.45) is 0. The number of carbonyl (C=O) groups is 2. The summed E-state index contributed by atoms with van der Waals surface area (Å²) < 4.78 is 31.8. The third kappa shape index (κ3) is 3.72. The Morgan fingerprint density at radius 2 is 1.48 bits per heavy atom. The lowest BCUT2D eigenvalue weighted by Crippen LogP contribution is -2.41. The molecule has 0 saturated heterocycles. The maximum atomic E-state index is 13.5. The highest BCUT2D eigenvalue weighted by Gasteiger charge is 2.15. The minimum Gasteiger partial charge on any atom is -0.451 e. The van der Waals surface area contributed by atoms with Crippen LogP contribution in [0.2, 0.25) is 0 Å². The van der Waals surface area contributed by atoms with Crippen LogP contribution in [0.15, 0.2) is 65.1 Å². The third-order valence-electron chi connectivity index (χ3n) is 3.37. The summed E-state index contributed by atoms with van der Waals surface area (Å²) >= 11 is 0. The Hall–Kier alpha value is -3.48. The molecule has 0 aliphatic heterocycles. The molecule has 0 saturated carbocycles. The van der Waals surface area contributed by atoms with Crippen LogP contribution in [0.25, 0.3) is 11.3 Å². The van der Waals surface area contributed by atoms with Crippen molar-refractivity contribution in [2.75, 3.05) is 0 Å². The highest BCUT2D eigenvalue weighted by molar-refractivity contribution is 5.98. The van der Waals surface area contributed by atoms with Crippen LogP contribution in [-0.2, 0) is 0 Å². The molecule has 0 bridgehead atoms. The van der Waals surface area contributed by atoms with Crippen LogP contribution in [0.4, 0.5) is 8.78 Å². The molecular weight excluding hydrogens is 330 g/mol. The van der Waals surface area contributed by atoms with Crippen LogP contribution in [0.3, 0.4) is 0 Å². The van der Waals surface area contributed by atoms with Crippen LogP contribution in [0.1, 0.15) is 20.9 Å². The van der Waals surface area contributed by atoms with E-state index in [0.29, 0.717) is 11.3 Å². The van der Waals surface area contributed by atoms with Gasteiger partial charge in [-0.2, -0.15) is 0 Å². The molecular formula is C18H12F2N2O3. The minimum atomic E-state index is -0.795. The van der Waals surface area contributed by atoms with Crippen molar-refractivity contribution in [2.24, 2.45) is 0 Å². The number of hydrazine groups is 1. The average molecular weight is 342 g/mol. The number of furan rings is 1. The zero-order valence-electron chi connectivity index (χ0n) is 12.8. The van der Waals surface area contributed by atoms with Crippen molar-refractivity contribution < 1.29 is 22.8 Å². The third-order valence-corrected chi connectivity index (χ3v) is 3.37. The first-order valence-electron chi connectivity index (χ1n) is 7.25. The summed E-state index contributed by atoms with van der Waals surface area (Å²) in [4.78, 5) is 23.8. The zero-order valence-corrected chi connectivity index (χ0v) is 12.8. The Balaban J connectivity index is 1.65. The van der Waals surface area contributed by atoms with E-state index >= 15 is 0 Å². The second kappa shape index (κ2) is 6.96. The maximum Gasteiger partial charge on any atom is 0.305 e. The van der Waals surface area contributed by atoms with Crippen LogP contribution in [0, 0.1) is 11.6 Å². The largest absolute Gasteiger partial charge is 0.451 e. The average Bonchev–Trinajstić information content (AvgIpc) is 3.10. The van der Waals surface area contributed by atoms with Gasteiger partial charge < -0.3 is 4.42 Å². The molecule has 0 spiro atoms. The Kier molecular flexibility index (Phi) is 4.56. The van der Waals surface area contributed by atoms with Gasteiger partial charge in [0, 0.05) is 5.56 Å². The molecule has 1 heterocycles. The number of halogens is 2. The molecule has 7 heteroatoms. The number of rotatable bonds is 3. The van der Waals surface area contributed by atoms with E-state index in [2.05, 4.69) is 10.9 Å². The van der Waals surface area contributed by atoms with E-state index in [9.17, 15) is 18.4 Å². The van der Waals surface area contributed by atoms with Gasteiger partial charge in [0.15, 0.2) is 5.76 Å². The smallest absolute Gasteiger partial charge is 0.305 e. The van der Waals surface area contributed by atoms with Crippen molar-refractivity contribution in [1.82, 2.24) is 10.9 Å². The fraction of sp³-hybridized carbons (Fsp3) is 0. The quantitative estimate of drug-likeness (QED) is 0.718. The van der Waals surface area contributed by atoms with Gasteiger partial charge in [0.25, 0.3) is 5.91 Å². The Bertz CT molecular complexity index is 920. The van der Waals surface area contributed by atoms with Gasteiger partial charge in [-0.25, -0.2) is 8.78 Å². The molecule has 5 nitrogen and oxygen atoms in total. The van der Waals surface area contributed by atoms with Crippen LogP contribution in [-0.4, -0.2) is 11.8 Å². The Morgan fingerprint density at radius 3 is 2.20 bits per heavy atom. The fourth-order valence-electron chi connectivity index (χ4n) is 2.12. The first kappa shape index (κ1) is 16.4. The summed E-state index contributed by atoms with van der Waals surface area (Å²) in [5.41, 5.74) is 4.64. The Morgan fingerprint density at radius 1 is 0.800 bits per heavy atom. The fourth-order valence-corrected chi connectivity index (χ4v) is 2.12. The SMILES string of the molecule is O=C(NNC(=O)c1ccccc1F)c1ccc(-c2ccc(F)cc2)o1. The van der Waals surface area contributed by atoms with Gasteiger partial charge in [-0.1, -0.05) is 12.1 Å². The van der Waals surface area contributed by atoms with Crippen molar-refractivity contribution in [2.45, 2.75) is 0 Å². The maximum absolute atomic E-state index is 13.5. The first-order chi connectivity index (χ1) is 12.0. The molecule has 0 fully saturated rings. The van der Waals surface area contributed by atoms with E-state index in [1.807, 2.05) is 0 Å². The van der Waals surface area contributed by atoms with Crippen molar-refractivity contribution in [3.8, 4) is 11.3 Å². The minimum absolute atomic E-state index is 0.0619. The monoisotopic (exact) mass is 342 g/mol. The van der Waals surface area contributed by atoms with Crippen molar-refractivity contribution in [3.05, 3.63) is 83.6 Å². The predicted molar refractivity (Wildman–Crippen MR) is 85.4 cm³/mol. The normalized spacial score (nSPS) is 10.3. The standard InChI is InChI=1S/C18H12F2N2O3/c19-12-7-5-11(6-8-12)15-9-10-16(25-15)18(24)22-21-17(23)13-3-1-2-4-14(13)20/h1-10H,(H,21,23)(H,22,24). The summed E-state index contributed by atoms with van der Waals surface area (Å²) in [6, 6.07) is 13.9. The molecule has 0 aliphatic carbocycles. The molecule has 0 aliphatic rings. The van der Waals surface area contributed by atoms with E-state index in [4.69, 9.17) is 4.42 Å². The molecule has 3 rings (SSSR count). The number of carbonyl (C=O) groups excluding carboxylic acids is 2. The van der Waals surface area contributed by atoms with Crippen LogP contribution < -0.4 is 10.9 Å². The number of amides is 2. The second-order valence-corrected chi connectivity index (χ2v) is 5.06. The van der Waals surface area contributed by atoms with Gasteiger partial charge in [0.2, 0.25) is 0 Å². The van der Waals surface area contributed by atoms with Gasteiger partial charge in [-0.15, -0.1) is 0 Å². The van der Waals surface area contributed by atoms with Crippen molar-refractivity contribution in [3.63, 3.8) is 0 Å². The second-order valence-electron chi connectivity index (χ2n) is 5.06. The van der Waals surface area contributed by atoms with E-state index in [-0.39, 0.29) is 17.1 Å². The van der Waals surface area contributed by atoms with Crippen LogP contribution in [0.5, 0.6) is 0 Å². The van der Waals surface area contributed by atoms with E-state index in [1.165, 1.54) is 48.5 Å². The molecule has 126 valence electrons. The lowest BCUT2D eigenvalue weighted by Gasteiger charge is -2.06. The van der Waals surface area contributed by atoms with E-state index in [1.54, 1.807) is 6.07 Å². The summed E-state index contributed by atoms with van der Waals surface area (Å²) in [5.74, 6) is -2.29. The summed E-state index contributed by atoms with van der Waals surface area (Å²) in [7, 11) is 0. The number of hydrogen-bond acceptors (Lipinski definition) is 3. The Labute approximate surface area is 141 Å². The van der Waals surface area contributed by atoms with Crippen molar-refractivity contribution >= 4 is 11.8 Å². The number of hydrogen-bond donors (Lipinski definition) is 2. The molecule has 1 aromatic heterocycles. The lowest BCUT2D eigenvalue weighted by molar-refractivity contribution is 0.0829. The lowest BCUT2D eigenvalue weighted by atomic mass is 10.2. The van der Waals surface area contributed by atoms with Gasteiger partial charge >= 0.3 is 5.91 Å². The van der Waals surface area contributed by atoms with Gasteiger partial charge in [-0.05, 0) is 48.5 Å². The van der Waals surface area contributed by atoms with Gasteiger partial charge in [0.1, 0.15) is 17.4 Å². The van der Waals surface area contributed by atoms with E-state index < -0.39 is 17.6 Å². The molecule has 0 radical (unpaired) electrons. The van der Waals surface area contributed by atoms with Gasteiger partial charge in [0.05, 0.1) is 5.56 Å². The van der Waals surface area contributed by atoms with Gasteiger partial charge in [-0.3, -0.25) is 20.4 Å². The molecule has 2 N–H and O–H groups in total. The molecule has 25 heavy (non-hydrogen) atoms. The molecule has 0 atom stereocenters. The zero-order chi connectivity index (χ0) is 17.8. The van der Waals surface area contributed by atoms with Crippen molar-refractivity contribution in [1.29, 1.82) is 0 Å². The molecule has 0 unspecified atom stereocenters. The summed E-state index contributed by atoms with van der Waals surface area (Å²) in [6.45, 7) is 0. The molecule has 2 amide bonds. The highest BCUT2D eigenvalue weighted by Crippen LogP contribution is 2.22. The van der Waals surface area contributed by atoms with E-state index in [0.717, 1.165) is 6.07 Å². The molecule has 2 aromatic carbocycles.